The van der Waals surface area contributed by atoms with E-state index in [1.54, 1.807) is 4.68 Å². The molecule has 0 amide bonds. The van der Waals surface area contributed by atoms with E-state index in [2.05, 4.69) is 51.4 Å². The highest BCUT2D eigenvalue weighted by Gasteiger charge is 2.12. The maximum atomic E-state index is 6.27. The number of aromatic nitrogens is 2. The lowest BCUT2D eigenvalue weighted by Crippen LogP contribution is -2.12. The molecule has 0 bridgehead atoms. The number of rotatable bonds is 2. The van der Waals surface area contributed by atoms with Gasteiger partial charge in [-0.15, -0.1) is 0 Å². The molecule has 3 nitrogen and oxygen atoms in total. The molecule has 2 N–H and O–H groups in total. The first kappa shape index (κ1) is 12.4. The summed E-state index contributed by atoms with van der Waals surface area (Å²) in [7, 11) is 1.90. The van der Waals surface area contributed by atoms with E-state index in [0.29, 0.717) is 0 Å². The van der Waals surface area contributed by atoms with Crippen molar-refractivity contribution >= 4 is 26.7 Å². The number of nitrogens with zero attached hydrogens (tertiary/aromatic N) is 2. The van der Waals surface area contributed by atoms with Gasteiger partial charge in [-0.25, -0.2) is 0 Å². The SMILES string of the molecule is Cn1ccc(C(N)c2ccc3cc(Br)ccc3c2)n1. The van der Waals surface area contributed by atoms with Crippen molar-refractivity contribution in [1.29, 1.82) is 0 Å². The number of fused-ring (bicyclic) bond motifs is 1. The summed E-state index contributed by atoms with van der Waals surface area (Å²) >= 11 is 3.48. The molecule has 19 heavy (non-hydrogen) atoms. The molecule has 0 saturated carbocycles. The first-order valence-corrected chi connectivity index (χ1v) is 6.87. The van der Waals surface area contributed by atoms with E-state index >= 15 is 0 Å². The van der Waals surface area contributed by atoms with Crippen molar-refractivity contribution in [2.75, 3.05) is 0 Å². The van der Waals surface area contributed by atoms with E-state index in [9.17, 15) is 0 Å². The molecule has 4 heteroatoms. The van der Waals surface area contributed by atoms with Gasteiger partial charge in [0.1, 0.15) is 0 Å². The summed E-state index contributed by atoms with van der Waals surface area (Å²) in [5.74, 6) is 0. The van der Waals surface area contributed by atoms with Crippen LogP contribution in [0, 0.1) is 0 Å². The average molecular weight is 316 g/mol. The number of benzene rings is 2. The average Bonchev–Trinajstić information content (AvgIpc) is 2.84. The van der Waals surface area contributed by atoms with Crippen LogP contribution in [0.4, 0.5) is 0 Å². The summed E-state index contributed by atoms with van der Waals surface area (Å²) in [6, 6.07) is 14.3. The Hall–Kier alpha value is -1.65. The van der Waals surface area contributed by atoms with Gasteiger partial charge in [-0.05, 0) is 40.6 Å². The highest BCUT2D eigenvalue weighted by Crippen LogP contribution is 2.25. The maximum Gasteiger partial charge on any atom is 0.0837 e. The molecule has 1 aromatic heterocycles. The Kier molecular flexibility index (Phi) is 3.12. The lowest BCUT2D eigenvalue weighted by Gasteiger charge is -2.10. The molecule has 1 atom stereocenters. The lowest BCUT2D eigenvalue weighted by molar-refractivity contribution is 0.716. The molecule has 1 heterocycles. The van der Waals surface area contributed by atoms with Crippen LogP contribution in [0.15, 0.2) is 53.1 Å². The van der Waals surface area contributed by atoms with E-state index in [-0.39, 0.29) is 6.04 Å². The zero-order valence-corrected chi connectivity index (χ0v) is 12.1. The standard InChI is InChI=1S/C15H14BrN3/c1-19-7-6-14(18-19)15(17)12-3-2-11-9-13(16)5-4-10(11)8-12/h2-9,15H,17H2,1H3. The van der Waals surface area contributed by atoms with E-state index in [1.165, 1.54) is 10.8 Å². The maximum absolute atomic E-state index is 6.27. The second kappa shape index (κ2) is 4.79. The number of hydrogen-bond acceptors (Lipinski definition) is 2. The fraction of sp³-hybridized carbons (Fsp3) is 0.133. The summed E-state index contributed by atoms with van der Waals surface area (Å²) in [5, 5.41) is 6.75. The van der Waals surface area contributed by atoms with Crippen molar-refractivity contribution in [2.24, 2.45) is 12.8 Å². The summed E-state index contributed by atoms with van der Waals surface area (Å²) in [5.41, 5.74) is 8.23. The van der Waals surface area contributed by atoms with Gasteiger partial charge in [-0.3, -0.25) is 4.68 Å². The third-order valence-corrected chi connectivity index (χ3v) is 3.73. The van der Waals surface area contributed by atoms with Gasteiger partial charge >= 0.3 is 0 Å². The van der Waals surface area contributed by atoms with E-state index in [0.717, 1.165) is 15.7 Å². The monoisotopic (exact) mass is 315 g/mol. The topological polar surface area (TPSA) is 43.8 Å². The number of nitrogens with two attached hydrogens (primary N) is 1. The van der Waals surface area contributed by atoms with Crippen LogP contribution in [0.3, 0.4) is 0 Å². The van der Waals surface area contributed by atoms with Crippen LogP contribution < -0.4 is 5.73 Å². The molecule has 0 radical (unpaired) electrons. The molecule has 0 fully saturated rings. The van der Waals surface area contributed by atoms with Crippen LogP contribution >= 0.6 is 15.9 Å². The van der Waals surface area contributed by atoms with E-state index < -0.39 is 0 Å². The van der Waals surface area contributed by atoms with Crippen LogP contribution in [0.1, 0.15) is 17.3 Å². The molecule has 0 aliphatic carbocycles. The molecule has 0 spiro atoms. The fourth-order valence-electron chi connectivity index (χ4n) is 2.20. The summed E-state index contributed by atoms with van der Waals surface area (Å²) in [6.07, 6.45) is 1.91. The Labute approximate surface area is 120 Å². The van der Waals surface area contributed by atoms with E-state index in [4.69, 9.17) is 5.73 Å². The van der Waals surface area contributed by atoms with Crippen LogP contribution in [0.2, 0.25) is 0 Å². The molecule has 3 rings (SSSR count). The summed E-state index contributed by atoms with van der Waals surface area (Å²) < 4.78 is 2.86. The molecular weight excluding hydrogens is 302 g/mol. The van der Waals surface area contributed by atoms with Crippen LogP contribution in [0.5, 0.6) is 0 Å². The first-order valence-electron chi connectivity index (χ1n) is 6.08. The van der Waals surface area contributed by atoms with Crippen molar-refractivity contribution < 1.29 is 0 Å². The fourth-order valence-corrected chi connectivity index (χ4v) is 2.58. The minimum atomic E-state index is -0.186. The second-order valence-electron chi connectivity index (χ2n) is 4.64. The highest BCUT2D eigenvalue weighted by atomic mass is 79.9. The van der Waals surface area contributed by atoms with Crippen molar-refractivity contribution in [1.82, 2.24) is 9.78 Å². The van der Waals surface area contributed by atoms with Gasteiger partial charge in [0.2, 0.25) is 0 Å². The van der Waals surface area contributed by atoms with Gasteiger partial charge in [0.05, 0.1) is 11.7 Å². The molecule has 1 unspecified atom stereocenters. The van der Waals surface area contributed by atoms with Crippen molar-refractivity contribution in [3.8, 4) is 0 Å². The van der Waals surface area contributed by atoms with Crippen LogP contribution in [-0.4, -0.2) is 9.78 Å². The minimum Gasteiger partial charge on any atom is -0.319 e. The van der Waals surface area contributed by atoms with E-state index in [1.807, 2.05) is 25.4 Å². The molecular formula is C15H14BrN3. The van der Waals surface area contributed by atoms with Crippen molar-refractivity contribution in [3.05, 3.63) is 64.4 Å². The number of hydrogen-bond donors (Lipinski definition) is 1. The van der Waals surface area contributed by atoms with Crippen LogP contribution in [0.25, 0.3) is 10.8 Å². The largest absolute Gasteiger partial charge is 0.319 e. The Morgan fingerprint density at radius 2 is 1.84 bits per heavy atom. The zero-order valence-electron chi connectivity index (χ0n) is 10.5. The van der Waals surface area contributed by atoms with Gasteiger partial charge in [0.15, 0.2) is 0 Å². The number of aryl methyl sites for hydroxylation is 1. The molecule has 0 aliphatic heterocycles. The summed E-state index contributed by atoms with van der Waals surface area (Å²) in [6.45, 7) is 0. The Balaban J connectivity index is 2.03. The summed E-state index contributed by atoms with van der Waals surface area (Å²) in [4.78, 5) is 0. The van der Waals surface area contributed by atoms with Gasteiger partial charge in [0.25, 0.3) is 0 Å². The Morgan fingerprint density at radius 1 is 1.11 bits per heavy atom. The third-order valence-electron chi connectivity index (χ3n) is 3.24. The molecule has 0 saturated heterocycles. The van der Waals surface area contributed by atoms with Gasteiger partial charge in [-0.2, -0.15) is 5.10 Å². The molecule has 0 aliphatic rings. The van der Waals surface area contributed by atoms with Crippen molar-refractivity contribution in [2.45, 2.75) is 6.04 Å². The highest BCUT2D eigenvalue weighted by molar-refractivity contribution is 9.10. The van der Waals surface area contributed by atoms with Crippen molar-refractivity contribution in [3.63, 3.8) is 0 Å². The quantitative estimate of drug-likeness (QED) is 0.787. The molecule has 2 aromatic carbocycles. The third kappa shape index (κ3) is 2.41. The lowest BCUT2D eigenvalue weighted by atomic mass is 10.0. The predicted octanol–water partition coefficient (Wildman–Crippen LogP) is 3.38. The van der Waals surface area contributed by atoms with Crippen LogP contribution in [-0.2, 0) is 7.05 Å². The smallest absolute Gasteiger partial charge is 0.0837 e. The number of halogens is 1. The van der Waals surface area contributed by atoms with Gasteiger partial charge in [-0.1, -0.05) is 34.1 Å². The zero-order chi connectivity index (χ0) is 13.4. The van der Waals surface area contributed by atoms with Gasteiger partial charge in [0, 0.05) is 17.7 Å². The first-order chi connectivity index (χ1) is 9.13. The minimum absolute atomic E-state index is 0.186. The molecule has 96 valence electrons. The normalized spacial score (nSPS) is 12.8. The molecule has 3 aromatic rings. The second-order valence-corrected chi connectivity index (χ2v) is 5.56. The Bertz CT molecular complexity index is 733. The predicted molar refractivity (Wildman–Crippen MR) is 80.9 cm³/mol. The Morgan fingerprint density at radius 3 is 2.58 bits per heavy atom. The van der Waals surface area contributed by atoms with Gasteiger partial charge < -0.3 is 5.73 Å².